The molecule has 1 N–H and O–H groups in total. The zero-order valence-electron chi connectivity index (χ0n) is 17.3. The number of rotatable bonds is 4. The van der Waals surface area contributed by atoms with Crippen LogP contribution in [0.4, 0.5) is 4.39 Å². The number of nitrogens with zero attached hydrogens (tertiary/aromatic N) is 3. The van der Waals surface area contributed by atoms with Crippen LogP contribution in [0.15, 0.2) is 59.5 Å². The summed E-state index contributed by atoms with van der Waals surface area (Å²) in [4.78, 5) is 27.0. The minimum absolute atomic E-state index is 0.0688. The molecular formula is C25H21FN4O2. The van der Waals surface area contributed by atoms with Crippen molar-refractivity contribution < 1.29 is 9.18 Å². The van der Waals surface area contributed by atoms with Crippen molar-refractivity contribution in [1.82, 2.24) is 19.7 Å². The predicted molar refractivity (Wildman–Crippen MR) is 118 cm³/mol. The number of nitrogens with one attached hydrogen (secondary N) is 1. The van der Waals surface area contributed by atoms with Crippen molar-refractivity contribution >= 4 is 16.7 Å². The largest absolute Gasteiger partial charge is 0.346 e. The van der Waals surface area contributed by atoms with Gasteiger partial charge in [0.15, 0.2) is 0 Å². The first-order valence-corrected chi connectivity index (χ1v) is 10.8. The first-order valence-electron chi connectivity index (χ1n) is 10.8. The van der Waals surface area contributed by atoms with Gasteiger partial charge in [0.25, 0.3) is 11.5 Å². The second-order valence-corrected chi connectivity index (χ2v) is 8.62. The highest BCUT2D eigenvalue weighted by Crippen LogP contribution is 2.39. The third kappa shape index (κ3) is 3.12. The Hall–Kier alpha value is -3.74. The van der Waals surface area contributed by atoms with Crippen LogP contribution in [0.3, 0.4) is 0 Å². The third-order valence-electron chi connectivity index (χ3n) is 6.46. The molecule has 32 heavy (non-hydrogen) atoms. The molecule has 1 fully saturated rings. The second-order valence-electron chi connectivity index (χ2n) is 8.62. The topological polar surface area (TPSA) is 71.0 Å². The average Bonchev–Trinajstić information content (AvgIpc) is 3.43. The van der Waals surface area contributed by atoms with Crippen LogP contribution in [-0.4, -0.2) is 25.6 Å². The Kier molecular flexibility index (Phi) is 4.24. The van der Waals surface area contributed by atoms with Crippen molar-refractivity contribution in [3.05, 3.63) is 99.0 Å². The molecule has 2 aromatic carbocycles. The number of hydrogen-bond donors (Lipinski definition) is 1. The molecule has 0 radical (unpaired) electrons. The van der Waals surface area contributed by atoms with Gasteiger partial charge in [-0.15, -0.1) is 0 Å². The summed E-state index contributed by atoms with van der Waals surface area (Å²) in [7, 11) is 0. The van der Waals surface area contributed by atoms with Crippen molar-refractivity contribution in [1.29, 1.82) is 0 Å². The molecule has 0 spiro atoms. The van der Waals surface area contributed by atoms with Crippen molar-refractivity contribution in [2.75, 3.05) is 0 Å². The van der Waals surface area contributed by atoms with Gasteiger partial charge in [-0.1, -0.05) is 24.3 Å². The third-order valence-corrected chi connectivity index (χ3v) is 6.46. The van der Waals surface area contributed by atoms with Crippen LogP contribution in [0.5, 0.6) is 0 Å². The first kappa shape index (κ1) is 19.0. The summed E-state index contributed by atoms with van der Waals surface area (Å²) in [5.74, 6) is -0.832. The molecular weight excluding hydrogens is 407 g/mol. The summed E-state index contributed by atoms with van der Waals surface area (Å²) in [5, 5.41) is 8.03. The van der Waals surface area contributed by atoms with Crippen LogP contribution >= 0.6 is 0 Å². The standard InChI is InChI=1S/C25H21FN4O2/c26-21-8-5-15(12-22-18-3-1-2-4-19(18)24(31)28-27-22)11-20(21)25(32)29-13-16-9-10-30(17-6-7-17)23(16)14-29/h1-5,8-11,17H,6-7,12-14H2,(H,28,31). The molecule has 2 aliphatic rings. The van der Waals surface area contributed by atoms with Crippen LogP contribution in [0.2, 0.25) is 0 Å². The molecule has 0 bridgehead atoms. The minimum Gasteiger partial charge on any atom is -0.346 e. The van der Waals surface area contributed by atoms with Gasteiger partial charge in [-0.05, 0) is 48.2 Å². The maximum Gasteiger partial charge on any atom is 0.272 e. The SMILES string of the molecule is O=C(c1cc(Cc2n[nH]c(=O)c3ccccc23)ccc1F)N1Cc2ccn(C3CC3)c2C1. The predicted octanol–water partition coefficient (Wildman–Crippen LogP) is 3.95. The average molecular weight is 428 g/mol. The molecule has 3 heterocycles. The number of benzene rings is 2. The quantitative estimate of drug-likeness (QED) is 0.535. The van der Waals surface area contributed by atoms with Gasteiger partial charge in [-0.3, -0.25) is 9.59 Å². The number of aromatic nitrogens is 3. The number of fused-ring (bicyclic) bond motifs is 2. The first-order chi connectivity index (χ1) is 15.6. The van der Waals surface area contributed by atoms with Crippen LogP contribution in [-0.2, 0) is 19.5 Å². The Morgan fingerprint density at radius 3 is 2.72 bits per heavy atom. The Bertz CT molecular complexity index is 1430. The highest BCUT2D eigenvalue weighted by atomic mass is 19.1. The number of carbonyl (C=O) groups excluding carboxylic acids is 1. The van der Waals surface area contributed by atoms with Gasteiger partial charge in [0.2, 0.25) is 0 Å². The number of carbonyl (C=O) groups is 1. The van der Waals surface area contributed by atoms with E-state index in [1.54, 1.807) is 29.2 Å². The molecule has 6 rings (SSSR count). The molecule has 0 unspecified atom stereocenters. The number of H-pyrrole nitrogens is 1. The van der Waals surface area contributed by atoms with E-state index in [2.05, 4.69) is 27.0 Å². The number of hydrogen-bond acceptors (Lipinski definition) is 3. The van der Waals surface area contributed by atoms with E-state index in [4.69, 9.17) is 0 Å². The monoisotopic (exact) mass is 428 g/mol. The molecule has 1 aliphatic carbocycles. The lowest BCUT2D eigenvalue weighted by Gasteiger charge is -2.17. The van der Waals surface area contributed by atoms with E-state index in [1.165, 1.54) is 24.6 Å². The zero-order chi connectivity index (χ0) is 21.8. The lowest BCUT2D eigenvalue weighted by molar-refractivity contribution is 0.0744. The summed E-state index contributed by atoms with van der Waals surface area (Å²) in [6.07, 6.45) is 4.84. The number of amides is 1. The molecule has 7 heteroatoms. The molecule has 6 nitrogen and oxygen atoms in total. The van der Waals surface area contributed by atoms with E-state index in [-0.39, 0.29) is 17.0 Å². The zero-order valence-corrected chi connectivity index (χ0v) is 17.3. The summed E-state index contributed by atoms with van der Waals surface area (Å²) < 4.78 is 16.9. The lowest BCUT2D eigenvalue weighted by atomic mass is 10.0. The molecule has 2 aromatic heterocycles. The highest BCUT2D eigenvalue weighted by molar-refractivity contribution is 5.95. The molecule has 0 atom stereocenters. The minimum atomic E-state index is -0.528. The smallest absolute Gasteiger partial charge is 0.272 e. The van der Waals surface area contributed by atoms with Gasteiger partial charge in [0.1, 0.15) is 5.82 Å². The van der Waals surface area contributed by atoms with Crippen LogP contribution in [0.25, 0.3) is 10.8 Å². The van der Waals surface area contributed by atoms with E-state index in [0.29, 0.717) is 36.6 Å². The van der Waals surface area contributed by atoms with Crippen molar-refractivity contribution in [3.8, 4) is 0 Å². The maximum atomic E-state index is 14.7. The van der Waals surface area contributed by atoms with E-state index in [9.17, 15) is 14.0 Å². The second kappa shape index (κ2) is 7.15. The fraction of sp³-hybridized carbons (Fsp3) is 0.240. The summed E-state index contributed by atoms with van der Waals surface area (Å²) in [6.45, 7) is 1.01. The van der Waals surface area contributed by atoms with Gasteiger partial charge >= 0.3 is 0 Å². The van der Waals surface area contributed by atoms with E-state index in [0.717, 1.165) is 16.5 Å². The molecule has 0 saturated heterocycles. The maximum absolute atomic E-state index is 14.7. The number of aromatic amines is 1. The summed E-state index contributed by atoms with van der Waals surface area (Å²) in [6, 6.07) is 14.5. The van der Waals surface area contributed by atoms with Gasteiger partial charge in [0.05, 0.1) is 23.2 Å². The van der Waals surface area contributed by atoms with Crippen molar-refractivity contribution in [2.24, 2.45) is 0 Å². The summed E-state index contributed by atoms with van der Waals surface area (Å²) in [5.41, 5.74) is 3.57. The Balaban J connectivity index is 1.29. The van der Waals surface area contributed by atoms with Gasteiger partial charge in [-0.25, -0.2) is 9.49 Å². The van der Waals surface area contributed by atoms with E-state index >= 15 is 0 Å². The van der Waals surface area contributed by atoms with Crippen LogP contribution in [0.1, 0.15) is 51.8 Å². The van der Waals surface area contributed by atoms with Crippen molar-refractivity contribution in [3.63, 3.8) is 0 Å². The van der Waals surface area contributed by atoms with E-state index in [1.807, 2.05) is 12.1 Å². The Morgan fingerprint density at radius 1 is 1.09 bits per heavy atom. The normalized spacial score (nSPS) is 15.3. The molecule has 1 aliphatic heterocycles. The molecule has 4 aromatic rings. The number of halogens is 1. The van der Waals surface area contributed by atoms with Gasteiger partial charge in [-0.2, -0.15) is 5.10 Å². The van der Waals surface area contributed by atoms with E-state index < -0.39 is 5.82 Å². The molecule has 1 saturated carbocycles. The Morgan fingerprint density at radius 2 is 1.91 bits per heavy atom. The summed E-state index contributed by atoms with van der Waals surface area (Å²) >= 11 is 0. The van der Waals surface area contributed by atoms with Crippen LogP contribution < -0.4 is 5.56 Å². The van der Waals surface area contributed by atoms with Crippen LogP contribution in [0, 0.1) is 5.82 Å². The lowest BCUT2D eigenvalue weighted by Crippen LogP contribution is -2.27. The highest BCUT2D eigenvalue weighted by Gasteiger charge is 2.33. The fourth-order valence-electron chi connectivity index (χ4n) is 4.65. The fourth-order valence-corrected chi connectivity index (χ4v) is 4.65. The van der Waals surface area contributed by atoms with Gasteiger partial charge in [0, 0.05) is 36.3 Å². The van der Waals surface area contributed by atoms with Crippen molar-refractivity contribution in [2.45, 2.75) is 38.4 Å². The Labute approximate surface area is 183 Å². The van der Waals surface area contributed by atoms with Gasteiger partial charge < -0.3 is 9.47 Å². The molecule has 1 amide bonds. The molecule has 160 valence electrons.